The molecule has 3 atom stereocenters. The number of morpholine rings is 1. The fourth-order valence-electron chi connectivity index (χ4n) is 5.68. The SMILES string of the molecule is CC(C)NC(=O)Cc1nn(-c2ccc(CC(C)N3[C@@H]4CC[C@H]3COC4)cc2)c(=O)n1-c1cccc(Cl)c1. The Kier molecular flexibility index (Phi) is 7.51. The van der Waals surface area contributed by atoms with E-state index < -0.39 is 0 Å². The molecule has 2 aliphatic heterocycles. The van der Waals surface area contributed by atoms with Crippen molar-refractivity contribution in [1.29, 1.82) is 0 Å². The predicted molar refractivity (Wildman–Crippen MR) is 144 cm³/mol. The number of carbonyl (C=O) groups is 1. The number of benzene rings is 2. The summed E-state index contributed by atoms with van der Waals surface area (Å²) in [5.74, 6) is 0.155. The lowest BCUT2D eigenvalue weighted by atomic mass is 10.0. The van der Waals surface area contributed by atoms with E-state index in [-0.39, 0.29) is 24.1 Å². The van der Waals surface area contributed by atoms with Gasteiger partial charge in [0.15, 0.2) is 0 Å². The molecule has 8 nitrogen and oxygen atoms in total. The Hall–Kier alpha value is -2.94. The van der Waals surface area contributed by atoms with E-state index in [1.165, 1.54) is 27.7 Å². The van der Waals surface area contributed by atoms with Gasteiger partial charge in [0.1, 0.15) is 5.82 Å². The van der Waals surface area contributed by atoms with Crippen LogP contribution >= 0.6 is 11.6 Å². The normalized spacial score (nSPS) is 20.4. The Labute approximate surface area is 222 Å². The van der Waals surface area contributed by atoms with Crippen LogP contribution in [0.1, 0.15) is 45.0 Å². The minimum Gasteiger partial charge on any atom is -0.378 e. The molecule has 2 bridgehead atoms. The van der Waals surface area contributed by atoms with E-state index in [0.717, 1.165) is 19.6 Å². The first-order chi connectivity index (χ1) is 17.8. The molecule has 2 saturated heterocycles. The molecular formula is C28H34ClN5O3. The summed E-state index contributed by atoms with van der Waals surface area (Å²) in [4.78, 5) is 28.7. The topological polar surface area (TPSA) is 81.4 Å². The predicted octanol–water partition coefficient (Wildman–Crippen LogP) is 3.54. The van der Waals surface area contributed by atoms with E-state index in [4.69, 9.17) is 16.3 Å². The molecule has 0 saturated carbocycles. The van der Waals surface area contributed by atoms with Gasteiger partial charge < -0.3 is 10.1 Å². The summed E-state index contributed by atoms with van der Waals surface area (Å²) in [6, 6.07) is 16.4. The fourth-order valence-corrected chi connectivity index (χ4v) is 5.87. The number of nitrogens with one attached hydrogen (secondary N) is 1. The second kappa shape index (κ2) is 10.8. The van der Waals surface area contributed by atoms with Crippen molar-refractivity contribution in [1.82, 2.24) is 24.6 Å². The van der Waals surface area contributed by atoms with E-state index in [0.29, 0.717) is 40.3 Å². The zero-order valence-electron chi connectivity index (χ0n) is 21.6. The van der Waals surface area contributed by atoms with E-state index >= 15 is 0 Å². The van der Waals surface area contributed by atoms with Crippen LogP contribution in [0.25, 0.3) is 11.4 Å². The van der Waals surface area contributed by atoms with Gasteiger partial charge in [0.2, 0.25) is 5.91 Å². The number of halogens is 1. The van der Waals surface area contributed by atoms with Gasteiger partial charge in [-0.1, -0.05) is 29.8 Å². The molecule has 0 spiro atoms. The van der Waals surface area contributed by atoms with Crippen LogP contribution in [0.3, 0.4) is 0 Å². The van der Waals surface area contributed by atoms with Crippen LogP contribution in [0.15, 0.2) is 53.3 Å². The van der Waals surface area contributed by atoms with Crippen molar-refractivity contribution < 1.29 is 9.53 Å². The molecule has 9 heteroatoms. The van der Waals surface area contributed by atoms with Gasteiger partial charge in [0.25, 0.3) is 0 Å². The lowest BCUT2D eigenvalue weighted by Crippen LogP contribution is -2.50. The molecule has 3 aromatic rings. The van der Waals surface area contributed by atoms with Crippen molar-refractivity contribution in [2.45, 2.75) is 70.6 Å². The maximum atomic E-state index is 13.5. The number of nitrogens with zero attached hydrogens (tertiary/aromatic N) is 4. The monoisotopic (exact) mass is 523 g/mol. The lowest BCUT2D eigenvalue weighted by Gasteiger charge is -2.39. The molecule has 1 N–H and O–H groups in total. The number of hydrogen-bond acceptors (Lipinski definition) is 5. The Balaban J connectivity index is 1.41. The van der Waals surface area contributed by atoms with Gasteiger partial charge in [0.05, 0.1) is 31.0 Å². The average molecular weight is 524 g/mol. The second-order valence-electron chi connectivity index (χ2n) is 10.4. The summed E-state index contributed by atoms with van der Waals surface area (Å²) in [5.41, 5.74) is 2.09. The van der Waals surface area contributed by atoms with Crippen LogP contribution in [0.2, 0.25) is 5.02 Å². The van der Waals surface area contributed by atoms with E-state index in [2.05, 4.69) is 34.4 Å². The fraction of sp³-hybridized carbons (Fsp3) is 0.464. The molecule has 0 radical (unpaired) electrons. The highest BCUT2D eigenvalue weighted by Gasteiger charge is 2.39. The number of ether oxygens (including phenoxy) is 1. The van der Waals surface area contributed by atoms with Crippen molar-refractivity contribution in [3.8, 4) is 11.4 Å². The molecule has 3 heterocycles. The largest absolute Gasteiger partial charge is 0.378 e. The minimum atomic E-state index is -0.347. The molecule has 2 aliphatic rings. The third-order valence-corrected chi connectivity index (χ3v) is 7.43. The Bertz CT molecular complexity index is 1300. The highest BCUT2D eigenvalue weighted by atomic mass is 35.5. The number of rotatable bonds is 8. The summed E-state index contributed by atoms with van der Waals surface area (Å²) in [5, 5.41) is 7.94. The standard InChI is InChI=1S/C28H34ClN5O3/c1-18(2)30-27(35)15-26-31-34(28(36)33(26)23-6-4-5-21(29)14-23)22-9-7-20(8-10-22)13-19(3)32-24-11-12-25(32)17-37-16-24/h4-10,14,18-19,24-25H,11-13,15-17H2,1-3H3,(H,30,35)/t19?,24-,25+. The second-order valence-corrected chi connectivity index (χ2v) is 10.9. The number of amides is 1. The highest BCUT2D eigenvalue weighted by Crippen LogP contribution is 2.31. The molecule has 37 heavy (non-hydrogen) atoms. The molecule has 1 aromatic heterocycles. The molecule has 2 fully saturated rings. The Morgan fingerprint density at radius 1 is 1.08 bits per heavy atom. The first-order valence-electron chi connectivity index (χ1n) is 13.0. The number of fused-ring (bicyclic) bond motifs is 2. The van der Waals surface area contributed by atoms with Crippen molar-refractivity contribution >= 4 is 17.5 Å². The van der Waals surface area contributed by atoms with Crippen molar-refractivity contribution in [3.05, 3.63) is 75.4 Å². The highest BCUT2D eigenvalue weighted by molar-refractivity contribution is 6.30. The smallest absolute Gasteiger partial charge is 0.355 e. The molecule has 1 unspecified atom stereocenters. The quantitative estimate of drug-likeness (QED) is 0.488. The Morgan fingerprint density at radius 2 is 1.78 bits per heavy atom. The molecule has 2 aromatic carbocycles. The number of carbonyl (C=O) groups excluding carboxylic acids is 1. The van der Waals surface area contributed by atoms with Crippen LogP contribution in [0.4, 0.5) is 0 Å². The zero-order chi connectivity index (χ0) is 26.1. The molecular weight excluding hydrogens is 490 g/mol. The van der Waals surface area contributed by atoms with Gasteiger partial charge in [-0.15, -0.1) is 5.10 Å². The van der Waals surface area contributed by atoms with Gasteiger partial charge in [0, 0.05) is 29.2 Å². The lowest BCUT2D eigenvalue weighted by molar-refractivity contribution is -0.121. The molecule has 5 rings (SSSR count). The van der Waals surface area contributed by atoms with E-state index in [1.807, 2.05) is 26.0 Å². The van der Waals surface area contributed by atoms with Gasteiger partial charge in [-0.2, -0.15) is 4.68 Å². The number of hydrogen-bond donors (Lipinski definition) is 1. The summed E-state index contributed by atoms with van der Waals surface area (Å²) in [6.45, 7) is 7.74. The zero-order valence-corrected chi connectivity index (χ0v) is 22.3. The number of aromatic nitrogens is 3. The van der Waals surface area contributed by atoms with Crippen LogP contribution in [0.5, 0.6) is 0 Å². The third kappa shape index (κ3) is 5.51. The van der Waals surface area contributed by atoms with Crippen LogP contribution < -0.4 is 11.0 Å². The molecule has 196 valence electrons. The van der Waals surface area contributed by atoms with Crippen LogP contribution in [0, 0.1) is 0 Å². The summed E-state index contributed by atoms with van der Waals surface area (Å²) in [7, 11) is 0. The molecule has 1 amide bonds. The maximum absolute atomic E-state index is 13.5. The minimum absolute atomic E-state index is 0.0106. The first-order valence-corrected chi connectivity index (χ1v) is 13.4. The van der Waals surface area contributed by atoms with E-state index in [9.17, 15) is 9.59 Å². The average Bonchev–Trinajstić information content (AvgIpc) is 3.30. The summed E-state index contributed by atoms with van der Waals surface area (Å²) >= 11 is 6.20. The van der Waals surface area contributed by atoms with Gasteiger partial charge in [-0.3, -0.25) is 9.69 Å². The summed E-state index contributed by atoms with van der Waals surface area (Å²) in [6.07, 6.45) is 3.33. The van der Waals surface area contributed by atoms with E-state index in [1.54, 1.807) is 24.3 Å². The summed E-state index contributed by atoms with van der Waals surface area (Å²) < 4.78 is 8.55. The first kappa shape index (κ1) is 25.7. The van der Waals surface area contributed by atoms with Crippen molar-refractivity contribution in [3.63, 3.8) is 0 Å². The van der Waals surface area contributed by atoms with Crippen LogP contribution in [-0.4, -0.2) is 62.5 Å². The maximum Gasteiger partial charge on any atom is 0.355 e. The van der Waals surface area contributed by atoms with Crippen molar-refractivity contribution in [2.75, 3.05) is 13.2 Å². The Morgan fingerprint density at radius 3 is 2.43 bits per heavy atom. The molecule has 0 aliphatic carbocycles. The third-order valence-electron chi connectivity index (χ3n) is 7.20. The van der Waals surface area contributed by atoms with Gasteiger partial charge in [-0.25, -0.2) is 9.36 Å². The van der Waals surface area contributed by atoms with Gasteiger partial charge in [-0.05, 0) is 75.9 Å². The van der Waals surface area contributed by atoms with Crippen molar-refractivity contribution in [2.24, 2.45) is 0 Å². The van der Waals surface area contributed by atoms with Gasteiger partial charge >= 0.3 is 5.69 Å². The van der Waals surface area contributed by atoms with Crippen LogP contribution in [-0.2, 0) is 22.4 Å².